The maximum atomic E-state index is 12.5. The summed E-state index contributed by atoms with van der Waals surface area (Å²) in [6.07, 6.45) is 9.22. The molecule has 0 bridgehead atoms. The Morgan fingerprint density at radius 1 is 0.952 bits per heavy atom. The summed E-state index contributed by atoms with van der Waals surface area (Å²) in [4.78, 5) is 25.0. The summed E-state index contributed by atoms with van der Waals surface area (Å²) in [6.45, 7) is 4.23. The first-order chi connectivity index (χ1) is 10.1. The Morgan fingerprint density at radius 3 is 1.76 bits per heavy atom. The molecule has 1 aliphatic heterocycles. The number of rotatable bonds is 6. The van der Waals surface area contributed by atoms with E-state index in [-0.39, 0.29) is 23.8 Å². The molecule has 0 spiro atoms. The third-order valence-corrected chi connectivity index (χ3v) is 14.1. The van der Waals surface area contributed by atoms with Crippen molar-refractivity contribution in [1.29, 1.82) is 0 Å². The van der Waals surface area contributed by atoms with Gasteiger partial charge in [-0.25, -0.2) is 0 Å². The molecule has 21 heavy (non-hydrogen) atoms. The molecule has 2 aliphatic rings. The standard InChI is InChI=1S/C8H10O4.2C4H9.Sn/c9-7(10)5-3-1-2-4-6(5)8(11)12;2*1-3-4-2;/h1-2,5-6H,3-4H2,(H,9,10)(H,11,12);2*1,3-4H2,2H3;/q;;;+2/p-2. The van der Waals surface area contributed by atoms with Crippen LogP contribution in [0.2, 0.25) is 8.87 Å². The van der Waals surface area contributed by atoms with E-state index in [0.717, 1.165) is 34.6 Å². The van der Waals surface area contributed by atoms with Gasteiger partial charge in [0.25, 0.3) is 0 Å². The van der Waals surface area contributed by atoms with Crippen molar-refractivity contribution in [2.45, 2.75) is 61.2 Å². The molecule has 1 saturated heterocycles. The first kappa shape index (κ1) is 16.8. The fourth-order valence-electron chi connectivity index (χ4n) is 3.10. The van der Waals surface area contributed by atoms with Crippen molar-refractivity contribution in [2.75, 3.05) is 0 Å². The molecule has 0 N–H and O–H groups in total. The fourth-order valence-corrected chi connectivity index (χ4v) is 13.1. The van der Waals surface area contributed by atoms with Gasteiger partial charge >= 0.3 is 132 Å². The second-order valence-electron chi connectivity index (χ2n) is 6.12. The first-order valence-corrected chi connectivity index (χ1v) is 14.6. The van der Waals surface area contributed by atoms with E-state index in [1.807, 2.05) is 12.2 Å². The minimum absolute atomic E-state index is 0.168. The third kappa shape index (κ3) is 4.02. The van der Waals surface area contributed by atoms with Crippen LogP contribution in [0.4, 0.5) is 0 Å². The monoisotopic (exact) mass is 402 g/mol. The molecule has 2 unspecified atom stereocenters. The number of hydrogen-bond acceptors (Lipinski definition) is 4. The molecule has 0 aromatic rings. The average molecular weight is 401 g/mol. The number of fused-ring (bicyclic) bond motifs is 1. The van der Waals surface area contributed by atoms with Crippen LogP contribution < -0.4 is 0 Å². The predicted octanol–water partition coefficient (Wildman–Crippen LogP) is 3.71. The molecule has 0 amide bonds. The van der Waals surface area contributed by atoms with Gasteiger partial charge in [0.15, 0.2) is 0 Å². The summed E-state index contributed by atoms with van der Waals surface area (Å²) in [5.41, 5.74) is 0. The van der Waals surface area contributed by atoms with Crippen LogP contribution in [0.1, 0.15) is 52.4 Å². The summed E-state index contributed by atoms with van der Waals surface area (Å²) in [5, 5.41) is 0. The van der Waals surface area contributed by atoms with Crippen molar-refractivity contribution >= 4 is 31.1 Å². The average Bonchev–Trinajstić information content (AvgIpc) is 2.60. The summed E-state index contributed by atoms with van der Waals surface area (Å²) in [5.74, 6) is -0.968. The number of hydrogen-bond donors (Lipinski definition) is 0. The molecule has 1 aliphatic carbocycles. The van der Waals surface area contributed by atoms with Crippen molar-refractivity contribution in [3.05, 3.63) is 12.2 Å². The zero-order valence-electron chi connectivity index (χ0n) is 13.1. The molecular formula is C16H26O4Sn. The van der Waals surface area contributed by atoms with Gasteiger partial charge in [0, 0.05) is 0 Å². The van der Waals surface area contributed by atoms with E-state index >= 15 is 0 Å². The van der Waals surface area contributed by atoms with Gasteiger partial charge in [-0.3, -0.25) is 0 Å². The topological polar surface area (TPSA) is 52.6 Å². The van der Waals surface area contributed by atoms with E-state index in [2.05, 4.69) is 13.8 Å². The Kier molecular flexibility index (Phi) is 6.14. The molecule has 0 radical (unpaired) electrons. The van der Waals surface area contributed by atoms with E-state index in [0.29, 0.717) is 12.8 Å². The molecule has 2 rings (SSSR count). The minimum atomic E-state index is -3.58. The maximum absolute atomic E-state index is 12.5. The van der Waals surface area contributed by atoms with Gasteiger partial charge in [0.1, 0.15) is 0 Å². The number of carbonyl (C=O) groups excluding carboxylic acids is 2. The van der Waals surface area contributed by atoms with Gasteiger partial charge in [-0.2, -0.15) is 0 Å². The number of unbranched alkanes of at least 4 members (excludes halogenated alkanes) is 2. The van der Waals surface area contributed by atoms with Crippen LogP contribution in [0.3, 0.4) is 0 Å². The predicted molar refractivity (Wildman–Crippen MR) is 82.7 cm³/mol. The van der Waals surface area contributed by atoms with Gasteiger partial charge < -0.3 is 0 Å². The van der Waals surface area contributed by atoms with Crippen LogP contribution in [0.25, 0.3) is 0 Å². The molecule has 1 heterocycles. The molecular weight excluding hydrogens is 375 g/mol. The first-order valence-electron chi connectivity index (χ1n) is 8.22. The van der Waals surface area contributed by atoms with Crippen LogP contribution in [-0.2, 0) is 15.7 Å². The summed E-state index contributed by atoms with van der Waals surface area (Å²) in [7, 11) is 0. The van der Waals surface area contributed by atoms with Gasteiger partial charge in [-0.1, -0.05) is 0 Å². The summed E-state index contributed by atoms with van der Waals surface area (Å²) < 4.78 is 13.5. The Bertz CT molecular complexity index is 381. The van der Waals surface area contributed by atoms with Crippen LogP contribution in [0.5, 0.6) is 0 Å². The molecule has 2 atom stereocenters. The van der Waals surface area contributed by atoms with Crippen molar-refractivity contribution in [3.8, 4) is 0 Å². The quantitative estimate of drug-likeness (QED) is 0.503. The normalized spacial score (nSPS) is 27.5. The second-order valence-corrected chi connectivity index (χ2v) is 15.3. The van der Waals surface area contributed by atoms with Gasteiger partial charge in [0.05, 0.1) is 0 Å². The molecule has 0 saturated carbocycles. The van der Waals surface area contributed by atoms with Crippen LogP contribution in [-0.4, -0.2) is 31.1 Å². The summed E-state index contributed by atoms with van der Waals surface area (Å²) in [6, 6.07) is 0. The Hall–Kier alpha value is -0.521. The molecule has 4 nitrogen and oxygen atoms in total. The van der Waals surface area contributed by atoms with Gasteiger partial charge in [0.2, 0.25) is 0 Å². The Morgan fingerprint density at radius 2 is 1.38 bits per heavy atom. The second kappa shape index (κ2) is 7.65. The zero-order chi connectivity index (χ0) is 15.3. The Labute approximate surface area is 132 Å². The molecule has 5 heteroatoms. The van der Waals surface area contributed by atoms with Crippen molar-refractivity contribution in [1.82, 2.24) is 0 Å². The molecule has 0 aromatic heterocycles. The van der Waals surface area contributed by atoms with Crippen LogP contribution in [0, 0.1) is 11.8 Å². The van der Waals surface area contributed by atoms with E-state index in [9.17, 15) is 9.59 Å². The summed E-state index contributed by atoms with van der Waals surface area (Å²) >= 11 is -3.58. The number of allylic oxidation sites excluding steroid dienone is 2. The molecule has 0 aromatic carbocycles. The zero-order valence-corrected chi connectivity index (χ0v) is 16.0. The SMILES string of the molecule is CCC[CH2][Sn]1([CH2]CCC)[O]C(=O)C2CC=CCC2C(=O)[O]1. The van der Waals surface area contributed by atoms with Crippen LogP contribution >= 0.6 is 0 Å². The third-order valence-electron chi connectivity index (χ3n) is 4.43. The van der Waals surface area contributed by atoms with E-state index in [1.54, 1.807) is 0 Å². The number of carbonyl (C=O) groups is 2. The van der Waals surface area contributed by atoms with E-state index in [4.69, 9.17) is 6.15 Å². The van der Waals surface area contributed by atoms with Crippen molar-refractivity contribution in [3.63, 3.8) is 0 Å². The van der Waals surface area contributed by atoms with E-state index in [1.165, 1.54) is 0 Å². The molecule has 1 fully saturated rings. The fraction of sp³-hybridized carbons (Fsp3) is 0.750. The van der Waals surface area contributed by atoms with Crippen molar-refractivity contribution in [2.24, 2.45) is 11.8 Å². The Balaban J connectivity index is 2.21. The van der Waals surface area contributed by atoms with Gasteiger partial charge in [-0.05, 0) is 0 Å². The van der Waals surface area contributed by atoms with Crippen molar-refractivity contribution < 1.29 is 15.7 Å². The van der Waals surface area contributed by atoms with Gasteiger partial charge in [-0.15, -0.1) is 0 Å². The van der Waals surface area contributed by atoms with Crippen LogP contribution in [0.15, 0.2) is 12.2 Å². The molecule has 118 valence electrons. The van der Waals surface area contributed by atoms with E-state index < -0.39 is 19.2 Å².